The Hall–Kier alpha value is -6.35. The van der Waals surface area contributed by atoms with Gasteiger partial charge in [0.1, 0.15) is 36.5 Å². The van der Waals surface area contributed by atoms with E-state index in [2.05, 4.69) is 98.9 Å². The third-order valence-electron chi connectivity index (χ3n) is 15.5. The fourth-order valence-corrected chi connectivity index (χ4v) is 11.0. The highest BCUT2D eigenvalue weighted by Gasteiger charge is 2.47. The lowest BCUT2D eigenvalue weighted by atomic mass is 9.76. The van der Waals surface area contributed by atoms with Crippen molar-refractivity contribution >= 4 is 63.2 Å². The number of anilines is 2. The van der Waals surface area contributed by atoms with Gasteiger partial charge in [0.25, 0.3) is 11.8 Å². The number of unbranched alkanes of at least 4 members (excludes halogenated alkanes) is 5. The number of amides is 5. The average molecular weight is 1030 g/mol. The topological polar surface area (TPSA) is 262 Å². The quantitative estimate of drug-likeness (QED) is 0.0280. The molecular formula is C55H74N12O8. The van der Waals surface area contributed by atoms with Gasteiger partial charge >= 0.3 is 0 Å². The predicted molar refractivity (Wildman–Crippen MR) is 283 cm³/mol. The van der Waals surface area contributed by atoms with Crippen LogP contribution in [0.3, 0.4) is 0 Å². The Balaban J connectivity index is 0.636. The molecule has 3 unspecified atom stereocenters. The first-order chi connectivity index (χ1) is 36.0. The number of H-pyrrole nitrogens is 1. The standard InChI is InChI=1S/C55H74N12O8/c1-32(2)65(36-25-33(26-36)14-20-43-62-39-18-15-34(55(3,4)5)27-40(39)63-43)29-42-47(70)48(71)54(75-42)66-31-61-46-49(59-30-60-50(46)66)58-24-12-11-23-57-44(68)13-9-7-6-8-10-22-56-35-16-17-37-38(28-35)53(74)67(52(37)73)41-19-21-45(69)64-51(41)72/h15-18,27-28,30-33,36,41-42,47-48,54,56,70-71H,6-14,19-26,29H2,1-5H3,(H,57,68)(H,62,63)(H,58,59,60)(H,64,69,72)/t33?,36?,41?,42-,47?,48?,54-/m1/s1. The first kappa shape index (κ1) is 53.5. The summed E-state index contributed by atoms with van der Waals surface area (Å²) >= 11 is 0. The van der Waals surface area contributed by atoms with E-state index < -0.39 is 54.2 Å². The molecule has 5 aromatic rings. The zero-order chi connectivity index (χ0) is 53.0. The van der Waals surface area contributed by atoms with Gasteiger partial charge in [0, 0.05) is 63.2 Å². The summed E-state index contributed by atoms with van der Waals surface area (Å²) in [6.45, 7) is 13.3. The van der Waals surface area contributed by atoms with E-state index in [1.54, 1.807) is 29.1 Å². The SMILES string of the molecule is CC(C)N(C[C@H]1O[C@@H](n2cnc3c(NCCCCNC(=O)CCCCCCCNc4ccc5c(c4)C(=O)N(C4CCC(=O)NC4=O)C5=O)ncnc32)C(O)C1O)C1CC(CCc2nc3cc(C(C)(C)C)ccc3[nH]2)C1. The number of carbonyl (C=O) groups excluding carboxylic acids is 5. The number of piperidine rings is 1. The Labute approximate surface area is 437 Å². The van der Waals surface area contributed by atoms with Crippen LogP contribution in [0.25, 0.3) is 22.2 Å². The number of aromatic amines is 1. The number of aliphatic hydroxyl groups excluding tert-OH is 2. The van der Waals surface area contributed by atoms with Crippen LogP contribution in [0.5, 0.6) is 0 Å². The van der Waals surface area contributed by atoms with E-state index in [0.29, 0.717) is 67.2 Å². The van der Waals surface area contributed by atoms with Crippen molar-refractivity contribution in [1.29, 1.82) is 0 Å². The van der Waals surface area contributed by atoms with Crippen LogP contribution in [0.15, 0.2) is 49.1 Å². The van der Waals surface area contributed by atoms with E-state index in [0.717, 1.165) is 92.4 Å². The second-order valence-electron chi connectivity index (χ2n) is 22.2. The maximum atomic E-state index is 13.1. The van der Waals surface area contributed by atoms with Crippen molar-refractivity contribution < 1.29 is 38.9 Å². The van der Waals surface area contributed by atoms with Crippen LogP contribution < -0.4 is 21.3 Å². The van der Waals surface area contributed by atoms with Crippen molar-refractivity contribution in [3.63, 3.8) is 0 Å². The molecule has 0 bridgehead atoms. The molecule has 3 fully saturated rings. The lowest BCUT2D eigenvalue weighted by molar-refractivity contribution is -0.136. The molecular weight excluding hydrogens is 957 g/mol. The molecule has 5 amide bonds. The van der Waals surface area contributed by atoms with Crippen molar-refractivity contribution in [2.75, 3.05) is 36.8 Å². The van der Waals surface area contributed by atoms with Gasteiger partial charge in [-0.25, -0.2) is 19.9 Å². The summed E-state index contributed by atoms with van der Waals surface area (Å²) in [4.78, 5) is 87.8. The van der Waals surface area contributed by atoms with E-state index in [9.17, 15) is 34.2 Å². The minimum atomic E-state index is -1.17. The van der Waals surface area contributed by atoms with Crippen LogP contribution in [0.4, 0.5) is 11.5 Å². The minimum Gasteiger partial charge on any atom is -0.387 e. The molecule has 20 heteroatoms. The number of fused-ring (bicyclic) bond motifs is 3. The molecule has 1 aliphatic carbocycles. The van der Waals surface area contributed by atoms with Gasteiger partial charge in [0.05, 0.1) is 28.5 Å². The van der Waals surface area contributed by atoms with Gasteiger partial charge in [-0.1, -0.05) is 46.1 Å². The molecule has 0 radical (unpaired) electrons. The predicted octanol–water partition coefficient (Wildman–Crippen LogP) is 5.90. The van der Waals surface area contributed by atoms with Crippen molar-refractivity contribution in [2.45, 2.75) is 173 Å². The van der Waals surface area contributed by atoms with Gasteiger partial charge in [0.15, 0.2) is 23.2 Å². The highest BCUT2D eigenvalue weighted by molar-refractivity contribution is 6.23. The van der Waals surface area contributed by atoms with Gasteiger partial charge < -0.3 is 35.9 Å². The molecule has 5 atom stereocenters. The van der Waals surface area contributed by atoms with Crippen molar-refractivity contribution in [2.24, 2.45) is 5.92 Å². The van der Waals surface area contributed by atoms with Gasteiger partial charge in [-0.3, -0.25) is 43.7 Å². The number of benzene rings is 2. The molecule has 75 heavy (non-hydrogen) atoms. The summed E-state index contributed by atoms with van der Waals surface area (Å²) in [5, 5.41) is 34.5. The van der Waals surface area contributed by atoms with Crippen LogP contribution >= 0.6 is 0 Å². The highest BCUT2D eigenvalue weighted by atomic mass is 16.6. The number of aliphatic hydroxyl groups is 2. The monoisotopic (exact) mass is 1030 g/mol. The zero-order valence-corrected chi connectivity index (χ0v) is 43.9. The van der Waals surface area contributed by atoms with Crippen molar-refractivity contribution in [1.82, 2.24) is 49.9 Å². The van der Waals surface area contributed by atoms with E-state index in [-0.39, 0.29) is 41.3 Å². The van der Waals surface area contributed by atoms with Gasteiger partial charge in [0.2, 0.25) is 17.7 Å². The molecule has 2 aromatic carbocycles. The number of aryl methyl sites for hydroxylation is 1. The average Bonchev–Trinajstić information content (AvgIpc) is 4.12. The summed E-state index contributed by atoms with van der Waals surface area (Å²) < 4.78 is 8.11. The molecule has 20 nitrogen and oxygen atoms in total. The molecule has 6 heterocycles. The largest absolute Gasteiger partial charge is 0.387 e. The van der Waals surface area contributed by atoms with Crippen LogP contribution in [0, 0.1) is 5.92 Å². The molecule has 402 valence electrons. The van der Waals surface area contributed by atoms with E-state index in [1.165, 1.54) is 11.9 Å². The molecule has 2 saturated heterocycles. The van der Waals surface area contributed by atoms with Crippen LogP contribution in [-0.4, -0.2) is 142 Å². The highest BCUT2D eigenvalue weighted by Crippen LogP contribution is 2.39. The molecule has 1 saturated carbocycles. The van der Waals surface area contributed by atoms with Gasteiger partial charge in [-0.15, -0.1) is 0 Å². The van der Waals surface area contributed by atoms with Crippen molar-refractivity contribution in [3.05, 3.63) is 71.6 Å². The maximum absolute atomic E-state index is 13.1. The normalized spacial score (nSPS) is 22.9. The van der Waals surface area contributed by atoms with E-state index >= 15 is 0 Å². The third kappa shape index (κ3) is 12.2. The van der Waals surface area contributed by atoms with E-state index in [1.807, 2.05) is 0 Å². The summed E-state index contributed by atoms with van der Waals surface area (Å²) in [5.74, 6) is 0.121. The van der Waals surface area contributed by atoms with Crippen LogP contribution in [-0.2, 0) is 31.0 Å². The van der Waals surface area contributed by atoms with E-state index in [4.69, 9.17) is 9.72 Å². The Kier molecular flexibility index (Phi) is 16.6. The Morgan fingerprint density at radius 2 is 1.63 bits per heavy atom. The number of carbonyl (C=O) groups is 5. The molecule has 4 aliphatic rings. The second-order valence-corrected chi connectivity index (χ2v) is 22.2. The van der Waals surface area contributed by atoms with Crippen molar-refractivity contribution in [3.8, 4) is 0 Å². The van der Waals surface area contributed by atoms with Gasteiger partial charge in [-0.05, 0) is 112 Å². The molecule has 7 N–H and O–H groups in total. The van der Waals surface area contributed by atoms with Crippen LogP contribution in [0.1, 0.15) is 156 Å². The van der Waals surface area contributed by atoms with Gasteiger partial charge in [-0.2, -0.15) is 0 Å². The third-order valence-corrected chi connectivity index (χ3v) is 15.5. The number of imide groups is 2. The summed E-state index contributed by atoms with van der Waals surface area (Å²) in [5.41, 5.74) is 5.69. The van der Waals surface area contributed by atoms with Crippen LogP contribution in [0.2, 0.25) is 0 Å². The lowest BCUT2D eigenvalue weighted by Crippen LogP contribution is -2.54. The number of aromatic nitrogens is 6. The summed E-state index contributed by atoms with van der Waals surface area (Å²) in [6.07, 6.45) is 10.2. The number of hydrogen-bond donors (Lipinski definition) is 7. The number of nitrogens with one attached hydrogen (secondary N) is 5. The number of imidazole rings is 2. The first-order valence-electron chi connectivity index (χ1n) is 27.1. The molecule has 3 aromatic heterocycles. The Morgan fingerprint density at radius 3 is 2.41 bits per heavy atom. The fraction of sp³-hybridized carbons (Fsp3) is 0.582. The lowest BCUT2D eigenvalue weighted by Gasteiger charge is -2.46. The number of hydrogen-bond acceptors (Lipinski definition) is 15. The number of nitrogens with zero attached hydrogens (tertiary/aromatic N) is 7. The summed E-state index contributed by atoms with van der Waals surface area (Å²) in [6, 6.07) is 11.1. The number of rotatable bonds is 24. The smallest absolute Gasteiger partial charge is 0.262 e. The maximum Gasteiger partial charge on any atom is 0.262 e. The Morgan fingerprint density at radius 1 is 0.880 bits per heavy atom. The number of ether oxygens (including phenoxy) is 1. The molecule has 3 aliphatic heterocycles. The summed E-state index contributed by atoms with van der Waals surface area (Å²) in [7, 11) is 0. The zero-order valence-electron chi connectivity index (χ0n) is 43.9. The minimum absolute atomic E-state index is 0.0339. The molecule has 0 spiro atoms. The first-order valence-corrected chi connectivity index (χ1v) is 27.1. The Bertz CT molecular complexity index is 2870. The molecule has 9 rings (SSSR count). The second kappa shape index (κ2) is 23.3. The fourth-order valence-electron chi connectivity index (χ4n) is 11.0.